The molecule has 0 aliphatic carbocycles. The molecule has 1 nitrogen and oxygen atoms in total. The lowest BCUT2D eigenvalue weighted by molar-refractivity contribution is -0.116. The van der Waals surface area contributed by atoms with Gasteiger partial charge in [-0.2, -0.15) is 0 Å². The van der Waals surface area contributed by atoms with Crippen molar-refractivity contribution < 1.29 is 9.18 Å². The van der Waals surface area contributed by atoms with Crippen LogP contribution < -0.4 is 0 Å². The van der Waals surface area contributed by atoms with Gasteiger partial charge in [0.05, 0.1) is 10.8 Å². The second-order valence-electron chi connectivity index (χ2n) is 4.03. The van der Waals surface area contributed by atoms with Crippen molar-refractivity contribution in [2.24, 2.45) is 0 Å². The number of Topliss-reactive ketones (excluding diaryl/α,β-unsaturated/α-hetero) is 1. The van der Waals surface area contributed by atoms with Gasteiger partial charge in [-0.3, -0.25) is 4.79 Å². The van der Waals surface area contributed by atoms with Crippen LogP contribution in [0, 0.1) is 5.82 Å². The molecule has 2 aromatic carbocycles. The number of halogens is 2. The fourth-order valence-corrected chi connectivity index (χ4v) is 2.60. The number of rotatable bonds is 5. The molecule has 0 atom stereocenters. The Bertz CT molecular complexity index is 572. The molecule has 0 heterocycles. The fraction of sp³-hybridized carbons (Fsp3) is 0.133. The minimum absolute atomic E-state index is 0.0290. The highest BCUT2D eigenvalue weighted by Gasteiger charge is 2.10. The Kier molecular flexibility index (Phi) is 5.00. The first-order valence-corrected chi connectivity index (χ1v) is 7.15. The maximum Gasteiger partial charge on any atom is 0.147 e. The van der Waals surface area contributed by atoms with Gasteiger partial charge in [0.25, 0.3) is 0 Å². The second kappa shape index (κ2) is 6.73. The lowest BCUT2D eigenvalue weighted by Gasteiger charge is -2.04. The van der Waals surface area contributed by atoms with Crippen LogP contribution in [0.5, 0.6) is 0 Å². The number of carbonyl (C=O) groups is 1. The van der Waals surface area contributed by atoms with Gasteiger partial charge in [-0.25, -0.2) is 4.39 Å². The standard InChI is InChI=1S/C15H12ClFOS/c16-15-11(5-4-8-14(15)17)9-12(18)10-19-13-6-2-1-3-7-13/h1-8H,9-10H2. The van der Waals surface area contributed by atoms with E-state index in [-0.39, 0.29) is 17.2 Å². The summed E-state index contributed by atoms with van der Waals surface area (Å²) >= 11 is 7.29. The average molecular weight is 295 g/mol. The molecule has 0 N–H and O–H groups in total. The van der Waals surface area contributed by atoms with Crippen LogP contribution in [0.3, 0.4) is 0 Å². The number of hydrogen-bond acceptors (Lipinski definition) is 2. The average Bonchev–Trinajstić information content (AvgIpc) is 2.43. The minimum atomic E-state index is -0.484. The maximum atomic E-state index is 13.2. The Hall–Kier alpha value is -1.32. The summed E-state index contributed by atoms with van der Waals surface area (Å²) in [4.78, 5) is 12.9. The van der Waals surface area contributed by atoms with Crippen molar-refractivity contribution in [1.82, 2.24) is 0 Å². The monoisotopic (exact) mass is 294 g/mol. The lowest BCUT2D eigenvalue weighted by Crippen LogP contribution is -2.06. The first-order chi connectivity index (χ1) is 9.16. The third kappa shape index (κ3) is 4.08. The molecular weight excluding hydrogens is 283 g/mol. The van der Waals surface area contributed by atoms with Gasteiger partial charge in [0, 0.05) is 11.3 Å². The number of thioether (sulfide) groups is 1. The zero-order valence-electron chi connectivity index (χ0n) is 10.1. The molecule has 0 spiro atoms. The predicted molar refractivity (Wildman–Crippen MR) is 77.3 cm³/mol. The fourth-order valence-electron chi connectivity index (χ4n) is 1.63. The van der Waals surface area contributed by atoms with Crippen molar-refractivity contribution in [1.29, 1.82) is 0 Å². The molecule has 19 heavy (non-hydrogen) atoms. The van der Waals surface area contributed by atoms with Gasteiger partial charge in [-0.1, -0.05) is 41.9 Å². The van der Waals surface area contributed by atoms with Crippen molar-refractivity contribution in [3.05, 3.63) is 64.9 Å². The van der Waals surface area contributed by atoms with E-state index in [2.05, 4.69) is 0 Å². The van der Waals surface area contributed by atoms with E-state index in [1.54, 1.807) is 12.1 Å². The van der Waals surface area contributed by atoms with Gasteiger partial charge in [0.1, 0.15) is 11.6 Å². The highest BCUT2D eigenvalue weighted by atomic mass is 35.5. The number of carbonyl (C=O) groups excluding carboxylic acids is 1. The molecule has 0 radical (unpaired) electrons. The van der Waals surface area contributed by atoms with Crippen LogP contribution in [-0.4, -0.2) is 11.5 Å². The summed E-state index contributed by atoms with van der Waals surface area (Å²) in [5.41, 5.74) is 0.542. The number of benzene rings is 2. The third-order valence-electron chi connectivity index (χ3n) is 2.56. The highest BCUT2D eigenvalue weighted by molar-refractivity contribution is 8.00. The summed E-state index contributed by atoms with van der Waals surface area (Å²) < 4.78 is 13.2. The van der Waals surface area contributed by atoms with Crippen LogP contribution in [-0.2, 0) is 11.2 Å². The molecule has 0 fully saturated rings. The van der Waals surface area contributed by atoms with Crippen LogP contribution >= 0.6 is 23.4 Å². The van der Waals surface area contributed by atoms with Crippen molar-refractivity contribution >= 4 is 29.1 Å². The van der Waals surface area contributed by atoms with Crippen molar-refractivity contribution in [2.75, 3.05) is 5.75 Å². The summed E-state index contributed by atoms with van der Waals surface area (Å²) in [6, 6.07) is 14.2. The maximum absolute atomic E-state index is 13.2. The summed E-state index contributed by atoms with van der Waals surface area (Å²) in [5.74, 6) is -0.0966. The Morgan fingerprint density at radius 3 is 2.58 bits per heavy atom. The first-order valence-electron chi connectivity index (χ1n) is 5.79. The van der Waals surface area contributed by atoms with Crippen molar-refractivity contribution in [3.8, 4) is 0 Å². The zero-order chi connectivity index (χ0) is 13.7. The molecule has 0 unspecified atom stereocenters. The Morgan fingerprint density at radius 1 is 1.11 bits per heavy atom. The molecule has 0 amide bonds. The van der Waals surface area contributed by atoms with Crippen LogP contribution in [0.1, 0.15) is 5.56 Å². The molecule has 98 valence electrons. The van der Waals surface area contributed by atoms with Crippen molar-refractivity contribution in [2.45, 2.75) is 11.3 Å². The van der Waals surface area contributed by atoms with Crippen LogP contribution in [0.4, 0.5) is 4.39 Å². The smallest absolute Gasteiger partial charge is 0.147 e. The van der Waals surface area contributed by atoms with E-state index in [4.69, 9.17) is 11.6 Å². The van der Waals surface area contributed by atoms with E-state index in [0.29, 0.717) is 11.3 Å². The zero-order valence-corrected chi connectivity index (χ0v) is 11.7. The van der Waals surface area contributed by atoms with Crippen LogP contribution in [0.2, 0.25) is 5.02 Å². The normalized spacial score (nSPS) is 10.4. The molecule has 0 saturated heterocycles. The molecule has 4 heteroatoms. The summed E-state index contributed by atoms with van der Waals surface area (Å²) in [6.07, 6.45) is 0.163. The van der Waals surface area contributed by atoms with Gasteiger partial charge in [-0.05, 0) is 23.8 Å². The van der Waals surface area contributed by atoms with E-state index < -0.39 is 5.82 Å². The van der Waals surface area contributed by atoms with Gasteiger partial charge < -0.3 is 0 Å². The highest BCUT2D eigenvalue weighted by Crippen LogP contribution is 2.22. The number of ketones is 1. The quantitative estimate of drug-likeness (QED) is 0.761. The van der Waals surface area contributed by atoms with Gasteiger partial charge in [-0.15, -0.1) is 11.8 Å². The molecule has 0 bridgehead atoms. The topological polar surface area (TPSA) is 17.1 Å². The van der Waals surface area contributed by atoms with Crippen LogP contribution in [0.15, 0.2) is 53.4 Å². The largest absolute Gasteiger partial charge is 0.298 e. The summed E-state index contributed by atoms with van der Waals surface area (Å²) in [6.45, 7) is 0. The molecular formula is C15H12ClFOS. The second-order valence-corrected chi connectivity index (χ2v) is 5.46. The van der Waals surface area contributed by atoms with E-state index in [9.17, 15) is 9.18 Å². The number of hydrogen-bond donors (Lipinski definition) is 0. The molecule has 0 aliphatic rings. The third-order valence-corrected chi connectivity index (χ3v) is 4.06. The molecule has 2 aromatic rings. The molecule has 2 rings (SSSR count). The SMILES string of the molecule is O=C(CSc1ccccc1)Cc1cccc(F)c1Cl. The van der Waals surface area contributed by atoms with E-state index >= 15 is 0 Å². The Labute approximate surface area is 120 Å². The van der Waals surface area contributed by atoms with Gasteiger partial charge >= 0.3 is 0 Å². The lowest BCUT2D eigenvalue weighted by atomic mass is 10.1. The summed E-state index contributed by atoms with van der Waals surface area (Å²) in [7, 11) is 0. The molecule has 0 aromatic heterocycles. The van der Waals surface area contributed by atoms with Crippen LogP contribution in [0.25, 0.3) is 0 Å². The minimum Gasteiger partial charge on any atom is -0.298 e. The first kappa shape index (κ1) is 14.1. The van der Waals surface area contributed by atoms with E-state index in [1.807, 2.05) is 30.3 Å². The van der Waals surface area contributed by atoms with E-state index in [0.717, 1.165) is 4.90 Å². The molecule has 0 saturated carbocycles. The van der Waals surface area contributed by atoms with Gasteiger partial charge in [0.15, 0.2) is 0 Å². The Balaban J connectivity index is 1.93. The van der Waals surface area contributed by atoms with Crippen molar-refractivity contribution in [3.63, 3.8) is 0 Å². The van der Waals surface area contributed by atoms with E-state index in [1.165, 1.54) is 17.8 Å². The van der Waals surface area contributed by atoms with Gasteiger partial charge in [0.2, 0.25) is 0 Å². The summed E-state index contributed by atoms with van der Waals surface area (Å²) in [5, 5.41) is 0.0422. The molecule has 0 aliphatic heterocycles. The predicted octanol–water partition coefficient (Wildman–Crippen LogP) is 4.38. The Morgan fingerprint density at radius 2 is 1.84 bits per heavy atom.